The molecule has 5 rings (SSSR count). The number of benzene rings is 1. The van der Waals surface area contributed by atoms with Gasteiger partial charge < -0.3 is 28.1 Å². The molecule has 1 aromatic carbocycles. The highest BCUT2D eigenvalue weighted by molar-refractivity contribution is 8.05. The maximum Gasteiger partial charge on any atom is 0.270 e. The zero-order valence-electron chi connectivity index (χ0n) is 23.7. The second kappa shape index (κ2) is 16.1. The van der Waals surface area contributed by atoms with Crippen molar-refractivity contribution in [2.75, 3.05) is 16.8 Å². The molecular formula is C26H41N7O6S4. The average molecular weight is 676 g/mol. The smallest absolute Gasteiger partial charge is 0.270 e. The molecule has 2 aromatic rings. The van der Waals surface area contributed by atoms with Crippen LogP contribution in [-0.2, 0) is 20.0 Å². The number of sulfonamides is 2. The Morgan fingerprint density at radius 3 is 2.16 bits per heavy atom. The van der Waals surface area contributed by atoms with Crippen molar-refractivity contribution in [2.24, 2.45) is 5.41 Å². The summed E-state index contributed by atoms with van der Waals surface area (Å²) in [4.78, 5) is 19.1. The number of amides is 1. The number of hydrogen-bond donors (Lipinski definition) is 8. The topological polar surface area (TPSA) is 243 Å². The van der Waals surface area contributed by atoms with E-state index in [4.69, 9.17) is 6.57 Å². The van der Waals surface area contributed by atoms with E-state index in [-0.39, 0.29) is 35.0 Å². The number of hydrogen-bond acceptors (Lipinski definition) is 10. The van der Waals surface area contributed by atoms with E-state index in [2.05, 4.69) is 51.0 Å². The minimum absolute atomic E-state index is 0. The van der Waals surface area contributed by atoms with Crippen molar-refractivity contribution in [3.63, 3.8) is 0 Å². The Bertz CT molecular complexity index is 1510. The van der Waals surface area contributed by atoms with Gasteiger partial charge in [0.25, 0.3) is 5.91 Å². The SMILES string of the molecule is N.N.O.SNS.[C-]#[N+]c1c[nH]c(C(=O)Nc2ccc(C3CS(=O)(=O)NS(=O)(=O)C3)cc2C2=CCC3(CCCCC3)CC2)c1. The number of carbonyl (C=O) groups is 1. The van der Waals surface area contributed by atoms with Crippen molar-refractivity contribution in [2.45, 2.75) is 57.3 Å². The van der Waals surface area contributed by atoms with Crippen molar-refractivity contribution in [1.82, 2.24) is 25.5 Å². The third-order valence-corrected chi connectivity index (χ3v) is 11.6. The van der Waals surface area contributed by atoms with Crippen molar-refractivity contribution in [1.29, 1.82) is 0 Å². The lowest BCUT2D eigenvalue weighted by Crippen LogP contribution is -2.43. The second-order valence-corrected chi connectivity index (χ2v) is 15.2. The highest BCUT2D eigenvalue weighted by atomic mass is 32.3. The Hall–Kier alpha value is -2.40. The molecule has 1 amide bonds. The number of aromatic amines is 1. The zero-order chi connectivity index (χ0) is 29.0. The molecule has 12 N–H and O–H groups in total. The van der Waals surface area contributed by atoms with Crippen molar-refractivity contribution >= 4 is 68.5 Å². The van der Waals surface area contributed by atoms with Crippen LogP contribution in [-0.4, -0.2) is 44.7 Å². The van der Waals surface area contributed by atoms with Crippen LogP contribution in [0.1, 0.15) is 78.9 Å². The first-order chi connectivity index (χ1) is 19.0. The minimum atomic E-state index is -3.96. The minimum Gasteiger partial charge on any atom is -0.412 e. The fraction of sp³-hybridized carbons (Fsp3) is 0.462. The summed E-state index contributed by atoms with van der Waals surface area (Å²) in [5, 5.41) is 2.93. The van der Waals surface area contributed by atoms with Gasteiger partial charge in [0.1, 0.15) is 0 Å². The first-order valence-corrected chi connectivity index (χ1v) is 17.2. The molecule has 1 saturated carbocycles. The quantitative estimate of drug-likeness (QED) is 0.170. The van der Waals surface area contributed by atoms with Gasteiger partial charge in [-0.05, 0) is 66.9 Å². The first kappa shape index (κ1) is 38.6. The summed E-state index contributed by atoms with van der Waals surface area (Å²) >= 11 is 6.81. The summed E-state index contributed by atoms with van der Waals surface area (Å²) in [6.07, 6.45) is 12.8. The Labute approximate surface area is 264 Å². The number of nitrogens with zero attached hydrogens (tertiary/aromatic N) is 1. The number of carbonyl (C=O) groups excluding carboxylic acids is 1. The van der Waals surface area contributed by atoms with Gasteiger partial charge in [-0.15, -0.1) is 4.13 Å². The van der Waals surface area contributed by atoms with Crippen LogP contribution < -0.4 is 25.9 Å². The summed E-state index contributed by atoms with van der Waals surface area (Å²) in [5.74, 6) is -1.74. The van der Waals surface area contributed by atoms with Gasteiger partial charge in [0.15, 0.2) is 0 Å². The number of aromatic nitrogens is 1. The molecule has 0 unspecified atom stereocenters. The van der Waals surface area contributed by atoms with Crippen LogP contribution in [0.5, 0.6) is 0 Å². The fourth-order valence-corrected chi connectivity index (χ4v) is 9.86. The molecule has 13 nitrogen and oxygen atoms in total. The molecule has 17 heteroatoms. The lowest BCUT2D eigenvalue weighted by molar-refractivity contribution is 0.102. The molecule has 1 aliphatic heterocycles. The van der Waals surface area contributed by atoms with Crippen molar-refractivity contribution < 1.29 is 27.1 Å². The standard InChI is InChI=1S/C26H30N4O5S2.H3NS2.2H3N.H2O/c1-27-21-14-24(28-15-21)25(31)29-23-6-5-19(20-16-36(32,33)30-37(34,35)17-20)13-22(23)18-7-11-26(12-8-18)9-3-2-4-10-26;2-1-3;;;/h5-7,13-15,20,28,30H,2-4,8-12,16-17H2,(H,29,31);1-3H;2*1H3;1H2. The van der Waals surface area contributed by atoms with Crippen LogP contribution >= 0.6 is 25.6 Å². The van der Waals surface area contributed by atoms with Gasteiger partial charge in [-0.2, -0.15) is 0 Å². The van der Waals surface area contributed by atoms with E-state index >= 15 is 0 Å². The normalized spacial score (nSPS) is 19.9. The van der Waals surface area contributed by atoms with E-state index < -0.39 is 31.9 Å². The van der Waals surface area contributed by atoms with Gasteiger partial charge in [0.05, 0.1) is 23.8 Å². The summed E-state index contributed by atoms with van der Waals surface area (Å²) in [6, 6.07) is 6.72. The Morgan fingerprint density at radius 1 is 1.00 bits per heavy atom. The van der Waals surface area contributed by atoms with E-state index in [9.17, 15) is 21.6 Å². The Balaban J connectivity index is 0.00000148. The van der Waals surface area contributed by atoms with E-state index in [1.165, 1.54) is 44.4 Å². The van der Waals surface area contributed by atoms with Crippen LogP contribution in [0, 0.1) is 12.0 Å². The number of H-pyrrole nitrogens is 1. The summed E-state index contributed by atoms with van der Waals surface area (Å²) in [5.41, 5.74) is 3.95. The number of anilines is 1. The zero-order valence-corrected chi connectivity index (χ0v) is 27.1. The molecule has 0 atom stereocenters. The van der Waals surface area contributed by atoms with E-state index in [0.29, 0.717) is 22.4 Å². The molecule has 3 aliphatic rings. The van der Waals surface area contributed by atoms with E-state index in [0.717, 1.165) is 30.4 Å². The largest absolute Gasteiger partial charge is 0.412 e. The number of thiol groups is 2. The first-order valence-electron chi connectivity index (χ1n) is 13.0. The van der Waals surface area contributed by atoms with Crippen LogP contribution in [0.25, 0.3) is 10.4 Å². The third-order valence-electron chi connectivity index (χ3n) is 7.87. The summed E-state index contributed by atoms with van der Waals surface area (Å²) in [7, 11) is -7.92. The molecule has 1 saturated heterocycles. The van der Waals surface area contributed by atoms with Crippen LogP contribution in [0.4, 0.5) is 11.4 Å². The number of allylic oxidation sites excluding steroid dienone is 2. The van der Waals surface area contributed by atoms with Gasteiger partial charge >= 0.3 is 0 Å². The average Bonchev–Trinajstić information content (AvgIpc) is 3.38. The monoisotopic (exact) mass is 675 g/mol. The molecule has 2 aliphatic carbocycles. The molecule has 2 fully saturated rings. The van der Waals surface area contributed by atoms with Crippen molar-refractivity contribution in [3.8, 4) is 0 Å². The van der Waals surface area contributed by atoms with Crippen molar-refractivity contribution in [3.05, 3.63) is 64.8 Å². The van der Waals surface area contributed by atoms with E-state index in [1.807, 2.05) is 6.07 Å². The van der Waals surface area contributed by atoms with Crippen LogP contribution in [0.15, 0.2) is 36.5 Å². The van der Waals surface area contributed by atoms with Crippen LogP contribution in [0.3, 0.4) is 0 Å². The summed E-state index contributed by atoms with van der Waals surface area (Å²) < 4.78 is 52.8. The third kappa shape index (κ3) is 9.80. The molecule has 2 heterocycles. The Kier molecular flexibility index (Phi) is 14.4. The number of nitrogens with one attached hydrogen (secondary N) is 4. The maximum atomic E-state index is 12.9. The van der Waals surface area contributed by atoms with Gasteiger partial charge in [-0.3, -0.25) is 4.79 Å². The molecule has 0 radical (unpaired) electrons. The number of rotatable bonds is 4. The lowest BCUT2D eigenvalue weighted by atomic mass is 9.65. The molecule has 43 heavy (non-hydrogen) atoms. The van der Waals surface area contributed by atoms with E-state index in [1.54, 1.807) is 16.3 Å². The predicted octanol–water partition coefficient (Wildman–Crippen LogP) is 4.45. The lowest BCUT2D eigenvalue weighted by Gasteiger charge is -2.40. The predicted molar refractivity (Wildman–Crippen MR) is 177 cm³/mol. The molecule has 1 spiro atoms. The van der Waals surface area contributed by atoms with Gasteiger partial charge in [0, 0.05) is 23.4 Å². The maximum absolute atomic E-state index is 12.9. The molecule has 240 valence electrons. The fourth-order valence-electron chi connectivity index (χ4n) is 5.93. The molecule has 1 aromatic heterocycles. The molecule has 0 bridgehead atoms. The van der Waals surface area contributed by atoms with Crippen LogP contribution in [0.2, 0.25) is 0 Å². The summed E-state index contributed by atoms with van der Waals surface area (Å²) in [6.45, 7) is 7.12. The highest BCUT2D eigenvalue weighted by Gasteiger charge is 2.36. The molecular weight excluding hydrogens is 635 g/mol. The van der Waals surface area contributed by atoms with Gasteiger partial charge in [-0.25, -0.2) is 25.8 Å². The van der Waals surface area contributed by atoms with Gasteiger partial charge in [0.2, 0.25) is 25.7 Å². The highest BCUT2D eigenvalue weighted by Crippen LogP contribution is 2.49. The second-order valence-electron chi connectivity index (χ2n) is 10.6. The van der Waals surface area contributed by atoms with Gasteiger partial charge in [-0.1, -0.05) is 57.0 Å². The Morgan fingerprint density at radius 2 is 1.63 bits per heavy atom.